The Bertz CT molecular complexity index is 2260. The molecule has 0 heterocycles. The van der Waals surface area contributed by atoms with E-state index in [4.69, 9.17) is 485 Å². The zero-order valence-electron chi connectivity index (χ0n) is 72.0. The summed E-state index contributed by atoms with van der Waals surface area (Å²) in [6.07, 6.45) is -115. The fourth-order valence-electron chi connectivity index (χ4n) is 21.9. The number of hydrogen-bond acceptors (Lipinski definition) is 1. The van der Waals surface area contributed by atoms with E-state index in [9.17, 15) is 0 Å². The molecule has 0 rings (SSSR count). The van der Waals surface area contributed by atoms with Gasteiger partial charge in [-0.15, -0.1) is 0 Å². The topological polar surface area (TPSA) is 12.4 Å². The van der Waals surface area contributed by atoms with Crippen LogP contribution in [0.2, 0.25) is 0 Å². The molecule has 0 aromatic rings. The Morgan fingerprint density at radius 3 is 0.312 bits per heavy atom. The molecule has 0 fully saturated rings. The van der Waals surface area contributed by atoms with Gasteiger partial charge in [0, 0.05) is 0 Å². The second-order valence-electron chi connectivity index (χ2n) is 35.0. The average Bonchev–Trinajstić information content (AvgIpc) is 0.805. The van der Waals surface area contributed by atoms with E-state index in [0.29, 0.717) is 0 Å². The van der Waals surface area contributed by atoms with E-state index in [1.54, 1.807) is 0 Å². The molecule has 377 valence electrons. The molecule has 0 saturated heterocycles. The van der Waals surface area contributed by atoms with Gasteiger partial charge in [0.1, 0.15) is 0 Å². The third-order valence-corrected chi connectivity index (χ3v) is 26.3. The minimum absolute atomic E-state index is 0.934. The van der Waals surface area contributed by atoms with Crippen molar-refractivity contribution in [1.29, 1.82) is 0 Å². The zero-order chi connectivity index (χ0) is 98.8. The molecule has 125 heteroatoms. The summed E-state index contributed by atoms with van der Waals surface area (Å²) in [5.41, 5.74) is 0. The van der Waals surface area contributed by atoms with Crippen molar-refractivity contribution in [2.75, 3.05) is 0 Å². The molecule has 0 saturated carbocycles. The van der Waals surface area contributed by atoms with Gasteiger partial charge in [-0.3, -0.25) is 0 Å². The van der Waals surface area contributed by atoms with E-state index < -0.39 is 383 Å². The summed E-state index contributed by atoms with van der Waals surface area (Å²) < 4.78 is 0. The van der Waals surface area contributed by atoms with Crippen molar-refractivity contribution >= 4 is 877 Å². The van der Waals surface area contributed by atoms with Gasteiger partial charge in [0.2, 0.25) is 0 Å². The molecule has 0 aliphatic carbocycles. The SMILES string of the molecule is [B][B]B([B])B(B(B([B])[B])B([B])[B])B(B(B=NB(B(B(B(B([B])[B])B([B])[B])B(B([B])[B])B([B])[B])B(B(B([B])[B])B([B])[B])B(B([B])[B])B([B])[B])B(B(B(B([B])[B])B([B])[B])B(B([B])[B])B([B])[B])B(B(B([B])[B])B([B])[B])B(B([B])[B])B([B])[B])B(B(B(B([B])[B])B([B])[B])B(B([B])[B])B([B])[B])B(B(B([B])[B])B([B])[B])B(B([B])[B])B([B])[B])B(B(B([B])[B])B([B])[B])B(B([B])[B])B([B])[B]. The third-order valence-electron chi connectivity index (χ3n) is 26.3. The van der Waals surface area contributed by atoms with Gasteiger partial charge in [-0.25, -0.2) is 0 Å². The first-order valence-corrected chi connectivity index (χ1v) is 41.2. The standard InChI is InChI=1S/B124N/c1-63-95(62)112(97(65(2)3)66(4)5)113(115(98(67(6)7)68(8)9)99(69(10)11)70(12)13)96(114(116(100(71(14)15)72(16)17)101(73(18)19)74(20)21)117(102(75(22)23)76(24)25)103(77(26)27)78(28)29)64-125-124(122(118(104(79(30)31)80(32)33)105(81(34)35)82(36)37)119(106(83(38)39)84(40)41)107(85(42)43)86(44)45)123(120(108(87(46)47)88(48)49)109(89(50)51)90(52)53)121(110(91(54)55)92(56)57)111(93(58)59)94(60)61. The second-order valence-corrected chi connectivity index (χ2v) is 35.0. The minimum atomic E-state index is -2.53. The number of nitrogens with zero attached hydrogens (tertiary/aromatic N) is 1. The molecule has 0 aliphatic rings. The molecule has 0 atom stereocenters. The summed E-state index contributed by atoms with van der Waals surface area (Å²) in [6, 6.07) is 0. The molecule has 0 amide bonds. The molecule has 1 nitrogen and oxygen atoms in total. The van der Waals surface area contributed by atoms with Gasteiger partial charge in [-0.05, 0) is 0 Å². The third kappa shape index (κ3) is 36.5. The van der Waals surface area contributed by atoms with Crippen LogP contribution in [0, 0.1) is 0 Å². The van der Waals surface area contributed by atoms with E-state index in [1.165, 1.54) is 0 Å². The molecule has 0 aromatic carbocycles. The molecule has 0 aliphatic heterocycles. The van der Waals surface area contributed by atoms with Crippen molar-refractivity contribution in [2.24, 2.45) is 4.81 Å². The Balaban J connectivity index is 15.7. The quantitative estimate of drug-likeness (QED) is 0.0538. The second kappa shape index (κ2) is 62.0. The van der Waals surface area contributed by atoms with Crippen LogP contribution in [0.1, 0.15) is 0 Å². The fraction of sp³-hybridized carbons (Fsp3) is 0. The van der Waals surface area contributed by atoms with Crippen LogP contribution in [0.5, 0.6) is 0 Å². The average molecular weight is 1350 g/mol. The maximum atomic E-state index is 7.69. The van der Waals surface area contributed by atoms with Gasteiger partial charge in [-0.2, -0.15) is 0 Å². The van der Waals surface area contributed by atoms with E-state index in [0.717, 1.165) is 14.0 Å². The normalized spacial score (nSPS) is 9.89. The summed E-state index contributed by atoms with van der Waals surface area (Å²) in [7, 11) is 445. The van der Waals surface area contributed by atoms with Gasteiger partial charge in [0.05, 0.1) is 0 Å². The first-order valence-electron chi connectivity index (χ1n) is 41.2. The molecule has 0 bridgehead atoms. The van der Waals surface area contributed by atoms with Crippen LogP contribution in [-0.2, 0) is 0 Å². The first kappa shape index (κ1) is 133. The monoisotopic (exact) mass is 1380 g/mol. The molecule has 0 N–H and O–H groups in total. The van der Waals surface area contributed by atoms with Gasteiger partial charge in [0.25, 0.3) is 0 Å². The summed E-state index contributed by atoms with van der Waals surface area (Å²) in [4.78, 5) is 6.13. The van der Waals surface area contributed by atoms with Gasteiger partial charge < -0.3 is 0 Å². The van der Waals surface area contributed by atoms with Gasteiger partial charge in [0.15, 0.2) is 0 Å². The molecule has 0 spiro atoms. The summed E-state index contributed by atoms with van der Waals surface area (Å²) >= 11 is 0. The Hall–Kier alpha value is 7.85. The number of rotatable bonds is 61. The van der Waals surface area contributed by atoms with E-state index in [-0.39, 0.29) is 0 Å². The van der Waals surface area contributed by atoms with Crippen LogP contribution in [0.3, 0.4) is 0 Å². The Kier molecular flexibility index (Phi) is 65.9. The zero-order valence-corrected chi connectivity index (χ0v) is 72.0. The van der Waals surface area contributed by atoms with Crippen LogP contribution in [0.4, 0.5) is 0 Å². The summed E-state index contributed by atoms with van der Waals surface area (Å²) in [6.45, 7) is -1.44. The van der Waals surface area contributed by atoms with Crippen LogP contribution >= 0.6 is 0 Å². The Morgan fingerprint density at radius 2 is 0.208 bits per heavy atom. The van der Waals surface area contributed by atoms with Crippen molar-refractivity contribution in [1.82, 2.24) is 0 Å². The van der Waals surface area contributed by atoms with Crippen molar-refractivity contribution in [3.8, 4) is 0 Å². The van der Waals surface area contributed by atoms with Gasteiger partial charge >= 0.3 is 882 Å². The molecular weight excluding hydrogens is 1350 g/mol. The predicted molar refractivity (Wildman–Crippen MR) is 716 cm³/mol. The van der Waals surface area contributed by atoms with Crippen molar-refractivity contribution in [3.63, 3.8) is 0 Å². The molecule has 125 radical (unpaired) electrons. The molecular formula is B124N. The summed E-state index contributed by atoms with van der Waals surface area (Å²) in [5.74, 6) is 0. The van der Waals surface area contributed by atoms with E-state index in [1.807, 2.05) is 0 Å². The van der Waals surface area contributed by atoms with E-state index >= 15 is 0 Å². The van der Waals surface area contributed by atoms with Crippen LogP contribution < -0.4 is 0 Å². The van der Waals surface area contributed by atoms with Crippen molar-refractivity contribution in [2.45, 2.75) is 0 Å². The first-order chi connectivity index (χ1) is 57.0. The molecule has 0 unspecified atom stereocenters. The molecule has 0 aromatic heterocycles. The molecule has 125 heavy (non-hydrogen) atoms. The van der Waals surface area contributed by atoms with Crippen molar-refractivity contribution < 1.29 is 0 Å². The van der Waals surface area contributed by atoms with Crippen LogP contribution in [0.25, 0.3) is 0 Å². The Labute approximate surface area is 872 Å². The Morgan fingerprint density at radius 1 is 0.112 bits per heavy atom. The van der Waals surface area contributed by atoms with E-state index in [2.05, 4.69) is 0 Å². The van der Waals surface area contributed by atoms with Crippen LogP contribution in [0.15, 0.2) is 4.81 Å². The van der Waals surface area contributed by atoms with Crippen molar-refractivity contribution in [3.05, 3.63) is 0 Å². The predicted octanol–water partition coefficient (Wildman–Crippen LogP) is -47.0. The summed E-state index contributed by atoms with van der Waals surface area (Å²) in [5, 5.41) is 0. The van der Waals surface area contributed by atoms with Gasteiger partial charge in [-0.1, -0.05) is 0 Å². The van der Waals surface area contributed by atoms with Crippen LogP contribution in [-0.4, -0.2) is 877 Å². The maximum absolute atomic E-state index is 7.69. The fourth-order valence-corrected chi connectivity index (χ4v) is 21.9. The number of hydrogen-bond donors (Lipinski definition) is 0.